The van der Waals surface area contributed by atoms with Crippen LogP contribution in [0.25, 0.3) is 11.1 Å². The Bertz CT molecular complexity index is 864. The van der Waals surface area contributed by atoms with Gasteiger partial charge in [-0.05, 0) is 58.8 Å². The van der Waals surface area contributed by atoms with E-state index < -0.39 is 0 Å². The van der Waals surface area contributed by atoms with E-state index >= 15 is 0 Å². The Morgan fingerprint density at radius 3 is 2.60 bits per heavy atom. The van der Waals surface area contributed by atoms with Crippen LogP contribution in [0.3, 0.4) is 0 Å². The lowest BCUT2D eigenvalue weighted by Crippen LogP contribution is -2.26. The van der Waals surface area contributed by atoms with Gasteiger partial charge in [0.25, 0.3) is 5.91 Å². The molecular formula is C20H18IN3O. The molecule has 3 rings (SSSR count). The second kappa shape index (κ2) is 8.20. The molecule has 1 N–H and O–H groups in total. The number of aryl methyl sites for hydroxylation is 1. The van der Waals surface area contributed by atoms with Crippen LogP contribution in [0.15, 0.2) is 61.1 Å². The fraction of sp³-hybridized carbons (Fsp3) is 0.150. The van der Waals surface area contributed by atoms with E-state index in [1.807, 2.05) is 12.1 Å². The molecule has 25 heavy (non-hydrogen) atoms. The predicted molar refractivity (Wildman–Crippen MR) is 107 cm³/mol. The summed E-state index contributed by atoms with van der Waals surface area (Å²) in [5.41, 5.74) is 4.91. The molecule has 1 amide bonds. The zero-order chi connectivity index (χ0) is 17.6. The van der Waals surface area contributed by atoms with Gasteiger partial charge in [-0.2, -0.15) is 0 Å². The van der Waals surface area contributed by atoms with E-state index in [1.54, 1.807) is 18.6 Å². The second-order valence-corrected chi connectivity index (χ2v) is 7.04. The van der Waals surface area contributed by atoms with Crippen LogP contribution in [0.2, 0.25) is 0 Å². The van der Waals surface area contributed by atoms with Gasteiger partial charge in [0.05, 0.1) is 5.69 Å². The zero-order valence-electron chi connectivity index (χ0n) is 13.9. The van der Waals surface area contributed by atoms with Crippen molar-refractivity contribution >= 4 is 28.5 Å². The monoisotopic (exact) mass is 443 g/mol. The van der Waals surface area contributed by atoms with E-state index in [9.17, 15) is 4.79 Å². The standard InChI is InChI=1S/C20H18IN3O/c1-14-2-4-15(5-3-14)16-10-17(12-18(21)11-16)20(25)24-7-6-19-13-22-8-9-23-19/h2-5,8-13H,6-7H2,1H3,(H,24,25). The number of rotatable bonds is 5. The topological polar surface area (TPSA) is 54.9 Å². The minimum absolute atomic E-state index is 0.0734. The summed E-state index contributed by atoms with van der Waals surface area (Å²) in [7, 11) is 0. The third-order valence-corrected chi connectivity index (χ3v) is 4.45. The summed E-state index contributed by atoms with van der Waals surface area (Å²) >= 11 is 2.25. The molecule has 0 aliphatic rings. The maximum absolute atomic E-state index is 12.5. The van der Waals surface area contributed by atoms with Gasteiger partial charge in [0.1, 0.15) is 0 Å². The minimum Gasteiger partial charge on any atom is -0.352 e. The Labute approximate surface area is 160 Å². The number of halogens is 1. The van der Waals surface area contributed by atoms with E-state index in [0.717, 1.165) is 20.4 Å². The van der Waals surface area contributed by atoms with Gasteiger partial charge in [0, 0.05) is 40.7 Å². The molecule has 0 saturated carbocycles. The molecule has 0 bridgehead atoms. The molecule has 1 heterocycles. The van der Waals surface area contributed by atoms with Crippen molar-refractivity contribution in [3.63, 3.8) is 0 Å². The quantitative estimate of drug-likeness (QED) is 0.606. The fourth-order valence-electron chi connectivity index (χ4n) is 2.50. The largest absolute Gasteiger partial charge is 0.352 e. The maximum Gasteiger partial charge on any atom is 0.251 e. The van der Waals surface area contributed by atoms with Crippen molar-refractivity contribution in [3.05, 3.63) is 81.4 Å². The molecular weight excluding hydrogens is 425 g/mol. The molecule has 4 nitrogen and oxygen atoms in total. The average Bonchev–Trinajstić information content (AvgIpc) is 2.62. The number of nitrogens with zero attached hydrogens (tertiary/aromatic N) is 2. The first-order valence-corrected chi connectivity index (χ1v) is 9.10. The van der Waals surface area contributed by atoms with E-state index in [0.29, 0.717) is 18.5 Å². The van der Waals surface area contributed by atoms with E-state index in [1.165, 1.54) is 5.56 Å². The van der Waals surface area contributed by atoms with Gasteiger partial charge in [-0.1, -0.05) is 29.8 Å². The molecule has 0 saturated heterocycles. The number of carbonyl (C=O) groups is 1. The summed E-state index contributed by atoms with van der Waals surface area (Å²) in [5, 5.41) is 2.95. The molecule has 1 aromatic heterocycles. The van der Waals surface area contributed by atoms with E-state index in [2.05, 4.69) is 75.1 Å². The molecule has 0 aliphatic heterocycles. The fourth-order valence-corrected chi connectivity index (χ4v) is 3.17. The number of amides is 1. The highest BCUT2D eigenvalue weighted by atomic mass is 127. The van der Waals surface area contributed by atoms with Gasteiger partial charge in [-0.3, -0.25) is 14.8 Å². The lowest BCUT2D eigenvalue weighted by molar-refractivity contribution is 0.0954. The summed E-state index contributed by atoms with van der Waals surface area (Å²) < 4.78 is 1.04. The molecule has 0 radical (unpaired) electrons. The van der Waals surface area contributed by atoms with Crippen molar-refractivity contribution in [3.8, 4) is 11.1 Å². The van der Waals surface area contributed by atoms with Gasteiger partial charge in [0.15, 0.2) is 0 Å². The summed E-state index contributed by atoms with van der Waals surface area (Å²) in [6, 6.07) is 14.2. The SMILES string of the molecule is Cc1ccc(-c2cc(I)cc(C(=O)NCCc3cnccn3)c2)cc1. The average molecular weight is 443 g/mol. The molecule has 5 heteroatoms. The molecule has 0 aliphatic carbocycles. The zero-order valence-corrected chi connectivity index (χ0v) is 16.0. The first-order chi connectivity index (χ1) is 12.1. The third-order valence-electron chi connectivity index (χ3n) is 3.83. The van der Waals surface area contributed by atoms with Crippen LogP contribution in [0, 0.1) is 10.5 Å². The summed E-state index contributed by atoms with van der Waals surface area (Å²) in [5.74, 6) is -0.0734. The van der Waals surface area contributed by atoms with E-state index in [-0.39, 0.29) is 5.91 Å². The first-order valence-electron chi connectivity index (χ1n) is 8.02. The first kappa shape index (κ1) is 17.5. The van der Waals surface area contributed by atoms with Gasteiger partial charge in [-0.15, -0.1) is 0 Å². The highest BCUT2D eigenvalue weighted by Crippen LogP contribution is 2.24. The molecule has 2 aromatic carbocycles. The number of nitrogens with one attached hydrogen (secondary N) is 1. The van der Waals surface area contributed by atoms with Crippen LogP contribution < -0.4 is 5.32 Å². The Kier molecular flexibility index (Phi) is 5.75. The van der Waals surface area contributed by atoms with Crippen LogP contribution in [0.5, 0.6) is 0 Å². The summed E-state index contributed by atoms with van der Waals surface area (Å²) in [6.07, 6.45) is 5.67. The summed E-state index contributed by atoms with van der Waals surface area (Å²) in [4.78, 5) is 20.7. The van der Waals surface area contributed by atoms with Crippen molar-refractivity contribution in [2.24, 2.45) is 0 Å². The van der Waals surface area contributed by atoms with Crippen molar-refractivity contribution in [1.82, 2.24) is 15.3 Å². The van der Waals surface area contributed by atoms with Crippen LogP contribution >= 0.6 is 22.6 Å². The molecule has 3 aromatic rings. The number of carbonyl (C=O) groups excluding carboxylic acids is 1. The van der Waals surface area contributed by atoms with Gasteiger partial charge in [-0.25, -0.2) is 0 Å². The van der Waals surface area contributed by atoms with Crippen LogP contribution in [-0.4, -0.2) is 22.4 Å². The van der Waals surface area contributed by atoms with Crippen molar-refractivity contribution < 1.29 is 4.79 Å². The van der Waals surface area contributed by atoms with Gasteiger partial charge >= 0.3 is 0 Å². The molecule has 0 fully saturated rings. The van der Waals surface area contributed by atoms with Gasteiger partial charge in [0.2, 0.25) is 0 Å². The second-order valence-electron chi connectivity index (χ2n) is 5.80. The van der Waals surface area contributed by atoms with Crippen LogP contribution in [-0.2, 0) is 6.42 Å². The number of hydrogen-bond donors (Lipinski definition) is 1. The molecule has 0 atom stereocenters. The molecule has 0 spiro atoms. The van der Waals surface area contributed by atoms with Crippen LogP contribution in [0.1, 0.15) is 21.6 Å². The molecule has 0 unspecified atom stereocenters. The van der Waals surface area contributed by atoms with Crippen LogP contribution in [0.4, 0.5) is 0 Å². The Morgan fingerprint density at radius 2 is 1.88 bits per heavy atom. The minimum atomic E-state index is -0.0734. The summed E-state index contributed by atoms with van der Waals surface area (Å²) in [6.45, 7) is 2.59. The van der Waals surface area contributed by atoms with Gasteiger partial charge < -0.3 is 5.32 Å². The Hall–Kier alpha value is -2.28. The van der Waals surface area contributed by atoms with Crippen molar-refractivity contribution in [2.75, 3.05) is 6.54 Å². The number of aromatic nitrogens is 2. The Morgan fingerprint density at radius 1 is 1.08 bits per heavy atom. The highest BCUT2D eigenvalue weighted by molar-refractivity contribution is 14.1. The lowest BCUT2D eigenvalue weighted by atomic mass is 10.0. The third kappa shape index (κ3) is 4.85. The van der Waals surface area contributed by atoms with E-state index in [4.69, 9.17) is 0 Å². The smallest absolute Gasteiger partial charge is 0.251 e. The lowest BCUT2D eigenvalue weighted by Gasteiger charge is -2.09. The highest BCUT2D eigenvalue weighted by Gasteiger charge is 2.09. The predicted octanol–water partition coefficient (Wildman–Crippen LogP) is 4.03. The van der Waals surface area contributed by atoms with Crippen molar-refractivity contribution in [1.29, 1.82) is 0 Å². The molecule has 126 valence electrons. The maximum atomic E-state index is 12.5. The number of hydrogen-bond acceptors (Lipinski definition) is 3. The van der Waals surface area contributed by atoms with Crippen molar-refractivity contribution in [2.45, 2.75) is 13.3 Å². The normalized spacial score (nSPS) is 10.5. The Balaban J connectivity index is 1.71. The number of benzene rings is 2.